The third-order valence-electron chi connectivity index (χ3n) is 5.46. The van der Waals surface area contributed by atoms with Crippen LogP contribution in [0.25, 0.3) is 28.2 Å². The molecule has 1 radical (unpaired) electrons. The number of rotatable bonds is 5. The molecule has 0 saturated heterocycles. The molecule has 32 heavy (non-hydrogen) atoms. The Morgan fingerprint density at radius 2 is 1.69 bits per heavy atom. The van der Waals surface area contributed by atoms with Gasteiger partial charge in [0.2, 0.25) is 0 Å². The van der Waals surface area contributed by atoms with E-state index in [0.29, 0.717) is 17.4 Å². The van der Waals surface area contributed by atoms with Crippen LogP contribution in [-0.4, -0.2) is 14.5 Å². The summed E-state index contributed by atoms with van der Waals surface area (Å²) < 4.78 is 2.14. The van der Waals surface area contributed by atoms with Crippen LogP contribution in [0.1, 0.15) is 56.2 Å². The minimum atomic E-state index is 0. The fraction of sp³-hybridized carbons (Fsp3) is 0.222. The van der Waals surface area contributed by atoms with Gasteiger partial charge in [0, 0.05) is 56.1 Å². The molecular weight excluding hydrogens is 573 g/mol. The van der Waals surface area contributed by atoms with Crippen molar-refractivity contribution in [3.8, 4) is 34.3 Å². The SMILES string of the molecule is CC(C)c1cc(-c2cccnc2)cc(C(C)C)c1-n1ccnc1-c1[c-]ccc(C#N)c1.[Ir]. The van der Waals surface area contributed by atoms with Gasteiger partial charge in [-0.15, -0.1) is 29.8 Å². The van der Waals surface area contributed by atoms with Crippen molar-refractivity contribution in [3.05, 3.63) is 90.0 Å². The summed E-state index contributed by atoms with van der Waals surface area (Å²) >= 11 is 0. The Kier molecular flexibility index (Phi) is 7.40. The second-order valence-corrected chi connectivity index (χ2v) is 8.28. The molecule has 0 aliphatic rings. The van der Waals surface area contributed by atoms with E-state index in [9.17, 15) is 5.26 Å². The Morgan fingerprint density at radius 3 is 2.28 bits per heavy atom. The molecule has 4 rings (SSSR count). The van der Waals surface area contributed by atoms with Gasteiger partial charge in [-0.3, -0.25) is 9.97 Å². The van der Waals surface area contributed by atoms with E-state index in [0.717, 1.165) is 22.6 Å². The molecule has 0 spiro atoms. The van der Waals surface area contributed by atoms with Crippen LogP contribution in [0.15, 0.2) is 67.3 Å². The number of hydrogen-bond acceptors (Lipinski definition) is 3. The first kappa shape index (κ1) is 23.6. The van der Waals surface area contributed by atoms with E-state index in [4.69, 9.17) is 0 Å². The Labute approximate surface area is 203 Å². The molecule has 2 aromatic carbocycles. The fourth-order valence-electron chi connectivity index (χ4n) is 3.89. The molecule has 0 bridgehead atoms. The monoisotopic (exact) mass is 598 g/mol. The summed E-state index contributed by atoms with van der Waals surface area (Å²) in [5.74, 6) is 1.41. The summed E-state index contributed by atoms with van der Waals surface area (Å²) in [5, 5.41) is 9.32. The van der Waals surface area contributed by atoms with Gasteiger partial charge in [-0.05, 0) is 52.3 Å². The summed E-state index contributed by atoms with van der Waals surface area (Å²) in [6, 6.07) is 19.4. The van der Waals surface area contributed by atoms with Gasteiger partial charge in [-0.1, -0.05) is 33.8 Å². The quantitative estimate of drug-likeness (QED) is 0.246. The second-order valence-electron chi connectivity index (χ2n) is 8.28. The number of imidazole rings is 1. The van der Waals surface area contributed by atoms with Gasteiger partial charge < -0.3 is 4.57 Å². The minimum absolute atomic E-state index is 0. The van der Waals surface area contributed by atoms with E-state index in [-0.39, 0.29) is 20.1 Å². The van der Waals surface area contributed by atoms with Gasteiger partial charge in [0.1, 0.15) is 0 Å². The normalized spacial score (nSPS) is 10.8. The Morgan fingerprint density at radius 1 is 0.969 bits per heavy atom. The summed E-state index contributed by atoms with van der Waals surface area (Å²) in [4.78, 5) is 8.94. The molecule has 2 aromatic heterocycles. The summed E-state index contributed by atoms with van der Waals surface area (Å²) in [6.07, 6.45) is 7.52. The molecule has 0 amide bonds. The van der Waals surface area contributed by atoms with E-state index >= 15 is 0 Å². The van der Waals surface area contributed by atoms with Crippen LogP contribution in [0.5, 0.6) is 0 Å². The molecule has 163 valence electrons. The van der Waals surface area contributed by atoms with Crippen molar-refractivity contribution < 1.29 is 20.1 Å². The molecule has 4 nitrogen and oxygen atoms in total. The van der Waals surface area contributed by atoms with Crippen LogP contribution < -0.4 is 0 Å². The zero-order valence-electron chi connectivity index (χ0n) is 18.6. The van der Waals surface area contributed by atoms with Crippen LogP contribution in [0.4, 0.5) is 0 Å². The maximum absolute atomic E-state index is 9.32. The van der Waals surface area contributed by atoms with Crippen molar-refractivity contribution in [1.29, 1.82) is 5.26 Å². The van der Waals surface area contributed by atoms with Crippen molar-refractivity contribution >= 4 is 0 Å². The molecule has 0 unspecified atom stereocenters. The van der Waals surface area contributed by atoms with Gasteiger partial charge in [0.05, 0.1) is 11.9 Å². The van der Waals surface area contributed by atoms with Crippen LogP contribution in [0, 0.1) is 17.4 Å². The molecule has 0 aliphatic carbocycles. The van der Waals surface area contributed by atoms with E-state index in [1.807, 2.05) is 30.7 Å². The molecule has 4 aromatic rings. The number of pyridine rings is 1. The molecule has 0 atom stereocenters. The van der Waals surface area contributed by atoms with Crippen LogP contribution in [0.3, 0.4) is 0 Å². The summed E-state index contributed by atoms with van der Waals surface area (Å²) in [6.45, 7) is 8.87. The first-order valence-electron chi connectivity index (χ1n) is 10.5. The van der Waals surface area contributed by atoms with E-state index in [1.165, 1.54) is 16.7 Å². The number of nitrogens with zero attached hydrogens (tertiary/aromatic N) is 4. The van der Waals surface area contributed by atoms with Gasteiger partial charge in [0.25, 0.3) is 0 Å². The van der Waals surface area contributed by atoms with Crippen LogP contribution in [0.2, 0.25) is 0 Å². The third kappa shape index (κ3) is 4.58. The topological polar surface area (TPSA) is 54.5 Å². The number of aromatic nitrogens is 3. The zero-order chi connectivity index (χ0) is 22.0. The Hall–Kier alpha value is -3.06. The van der Waals surface area contributed by atoms with Crippen molar-refractivity contribution in [2.24, 2.45) is 0 Å². The standard InChI is InChI=1S/C27H25N4.Ir/c1-18(2)24-14-23(22-9-6-10-29-17-22)15-25(19(3)4)26(24)31-12-11-30-27(31)21-8-5-7-20(13-21)16-28;/h5-7,9-15,17-19H,1-4H3;/q-1;. The minimum Gasteiger partial charge on any atom is -0.340 e. The maximum Gasteiger partial charge on any atom is 0.0789 e. The summed E-state index contributed by atoms with van der Waals surface area (Å²) in [7, 11) is 0. The Balaban J connectivity index is 0.00000289. The predicted molar refractivity (Wildman–Crippen MR) is 124 cm³/mol. The average molecular weight is 598 g/mol. The molecule has 0 fully saturated rings. The van der Waals surface area contributed by atoms with Crippen molar-refractivity contribution in [2.45, 2.75) is 39.5 Å². The van der Waals surface area contributed by atoms with Crippen molar-refractivity contribution in [1.82, 2.24) is 14.5 Å². The van der Waals surface area contributed by atoms with E-state index < -0.39 is 0 Å². The number of nitriles is 1. The van der Waals surface area contributed by atoms with E-state index in [1.54, 1.807) is 18.3 Å². The first-order valence-corrected chi connectivity index (χ1v) is 10.5. The average Bonchev–Trinajstić information content (AvgIpc) is 3.28. The summed E-state index contributed by atoms with van der Waals surface area (Å²) in [5.41, 5.74) is 7.35. The van der Waals surface area contributed by atoms with Crippen LogP contribution in [-0.2, 0) is 20.1 Å². The predicted octanol–water partition coefficient (Wildman–Crippen LogP) is 6.52. The zero-order valence-corrected chi connectivity index (χ0v) is 21.0. The van der Waals surface area contributed by atoms with Crippen molar-refractivity contribution in [2.75, 3.05) is 0 Å². The maximum atomic E-state index is 9.32. The second kappa shape index (κ2) is 10.0. The largest absolute Gasteiger partial charge is 0.340 e. The molecule has 0 saturated carbocycles. The van der Waals surface area contributed by atoms with E-state index in [2.05, 4.69) is 72.6 Å². The molecule has 5 heteroatoms. The van der Waals surface area contributed by atoms with Gasteiger partial charge >= 0.3 is 0 Å². The van der Waals surface area contributed by atoms with Gasteiger partial charge in [-0.2, -0.15) is 5.26 Å². The fourth-order valence-corrected chi connectivity index (χ4v) is 3.89. The third-order valence-corrected chi connectivity index (χ3v) is 5.46. The molecule has 0 N–H and O–H groups in total. The van der Waals surface area contributed by atoms with Gasteiger partial charge in [0.15, 0.2) is 0 Å². The van der Waals surface area contributed by atoms with Crippen LogP contribution >= 0.6 is 0 Å². The molecule has 0 aliphatic heterocycles. The molecule has 2 heterocycles. The molecular formula is C27H25IrN4-. The Bertz CT molecular complexity index is 1220. The first-order chi connectivity index (χ1) is 15.0. The number of hydrogen-bond donors (Lipinski definition) is 0. The van der Waals surface area contributed by atoms with Crippen molar-refractivity contribution in [3.63, 3.8) is 0 Å². The van der Waals surface area contributed by atoms with Gasteiger partial charge in [-0.25, -0.2) is 0 Å². The smallest absolute Gasteiger partial charge is 0.0789 e. The number of benzene rings is 2.